The quantitative estimate of drug-likeness (QED) is 0.392. The number of carbonyl (C=O) groups excluding carboxylic acids is 1. The Morgan fingerprint density at radius 1 is 0.704 bits per heavy atom. The van der Waals surface area contributed by atoms with Gasteiger partial charge in [0, 0.05) is 6.42 Å². The fourth-order valence-electron chi connectivity index (χ4n) is 0.992. The van der Waals surface area contributed by atoms with E-state index in [2.05, 4.69) is 9.47 Å². The van der Waals surface area contributed by atoms with Crippen molar-refractivity contribution in [2.45, 2.75) is 49.9 Å². The SMILES string of the molecule is CCC(=O)OCC(F)(F)OC(F)(F)C(F)(F)OC(F)(F)C(F)(F)C(F)(F)F. The molecule has 0 saturated carbocycles. The maximum atomic E-state index is 12.9. The third kappa shape index (κ3) is 5.98. The van der Waals surface area contributed by atoms with Crippen molar-refractivity contribution in [3.63, 3.8) is 0 Å². The minimum Gasteiger partial charge on any atom is -0.456 e. The van der Waals surface area contributed by atoms with Gasteiger partial charge in [0.15, 0.2) is 6.61 Å². The van der Waals surface area contributed by atoms with E-state index in [1.54, 1.807) is 0 Å². The molecule has 0 aliphatic heterocycles. The van der Waals surface area contributed by atoms with Gasteiger partial charge in [0.1, 0.15) is 0 Å². The summed E-state index contributed by atoms with van der Waals surface area (Å²) in [6.07, 6.45) is -34.6. The van der Waals surface area contributed by atoms with Crippen LogP contribution in [0.2, 0.25) is 0 Å². The van der Waals surface area contributed by atoms with Crippen LogP contribution < -0.4 is 0 Å². The normalized spacial score (nSPS) is 15.0. The van der Waals surface area contributed by atoms with Gasteiger partial charge in [-0.25, -0.2) is 9.47 Å². The summed E-state index contributed by atoms with van der Waals surface area (Å²) in [6, 6.07) is 0. The predicted molar refractivity (Wildman–Crippen MR) is 54.2 cm³/mol. The van der Waals surface area contributed by atoms with Crippen LogP contribution in [0.4, 0.5) is 57.1 Å². The minimum atomic E-state index is -7.40. The highest BCUT2D eigenvalue weighted by atomic mass is 19.4. The highest BCUT2D eigenvalue weighted by Gasteiger charge is 2.79. The number of rotatable bonds is 9. The molecule has 0 N–H and O–H groups in total. The van der Waals surface area contributed by atoms with Gasteiger partial charge in [-0.1, -0.05) is 6.92 Å². The van der Waals surface area contributed by atoms with Crippen molar-refractivity contribution in [3.05, 3.63) is 0 Å². The molecule has 0 aromatic heterocycles. The van der Waals surface area contributed by atoms with Crippen molar-refractivity contribution >= 4 is 5.97 Å². The third-order valence-electron chi connectivity index (χ3n) is 2.28. The molecule has 0 radical (unpaired) electrons. The summed E-state index contributed by atoms with van der Waals surface area (Å²) in [5.74, 6) is -8.88. The number of esters is 1. The summed E-state index contributed by atoms with van der Waals surface area (Å²) < 4.78 is 170. The first-order valence-electron chi connectivity index (χ1n) is 6.13. The molecule has 0 amide bonds. The molecule has 4 nitrogen and oxygen atoms in total. The van der Waals surface area contributed by atoms with Crippen molar-refractivity contribution in [2.75, 3.05) is 6.61 Å². The van der Waals surface area contributed by atoms with Crippen molar-refractivity contribution < 1.29 is 76.1 Å². The van der Waals surface area contributed by atoms with Crippen LogP contribution in [0.1, 0.15) is 13.3 Å². The van der Waals surface area contributed by atoms with Crippen LogP contribution in [0.3, 0.4) is 0 Å². The van der Waals surface area contributed by atoms with Crippen LogP contribution in [0.5, 0.6) is 0 Å². The molecule has 0 spiro atoms. The molecule has 0 aromatic carbocycles. The Morgan fingerprint density at radius 2 is 1.11 bits per heavy atom. The molecule has 0 fully saturated rings. The monoisotopic (exact) mass is 438 g/mol. The average Bonchev–Trinajstić information content (AvgIpc) is 2.40. The topological polar surface area (TPSA) is 44.8 Å². The van der Waals surface area contributed by atoms with E-state index in [9.17, 15) is 61.9 Å². The van der Waals surface area contributed by atoms with Crippen molar-refractivity contribution in [3.8, 4) is 0 Å². The fourth-order valence-corrected chi connectivity index (χ4v) is 0.992. The predicted octanol–water partition coefficient (Wildman–Crippen LogP) is 4.54. The zero-order valence-electron chi connectivity index (χ0n) is 12.5. The zero-order chi connectivity index (χ0) is 22.1. The van der Waals surface area contributed by atoms with E-state index in [0.29, 0.717) is 0 Å². The second-order valence-electron chi connectivity index (χ2n) is 4.48. The molecule has 0 saturated heterocycles. The fraction of sp³-hybridized carbons (Fsp3) is 0.900. The third-order valence-corrected chi connectivity index (χ3v) is 2.28. The Balaban J connectivity index is 5.45. The number of alkyl halides is 13. The summed E-state index contributed by atoms with van der Waals surface area (Å²) in [4.78, 5) is 10.6. The molecule has 0 atom stereocenters. The van der Waals surface area contributed by atoms with Crippen LogP contribution in [0, 0.1) is 0 Å². The zero-order valence-corrected chi connectivity index (χ0v) is 12.5. The number of carbonyl (C=O) groups is 1. The summed E-state index contributed by atoms with van der Waals surface area (Å²) in [5, 5.41) is 0. The van der Waals surface area contributed by atoms with Gasteiger partial charge in [-0.15, -0.1) is 0 Å². The van der Waals surface area contributed by atoms with Crippen LogP contribution in [0.15, 0.2) is 0 Å². The molecule has 0 rings (SSSR count). The average molecular weight is 438 g/mol. The van der Waals surface area contributed by atoms with Crippen LogP contribution in [-0.2, 0) is 19.0 Å². The second kappa shape index (κ2) is 7.48. The maximum Gasteiger partial charge on any atom is 0.462 e. The molecule has 0 unspecified atom stereocenters. The Kier molecular flexibility index (Phi) is 7.06. The largest absolute Gasteiger partial charge is 0.462 e. The van der Waals surface area contributed by atoms with Gasteiger partial charge in [0.25, 0.3) is 0 Å². The Morgan fingerprint density at radius 3 is 1.48 bits per heavy atom. The lowest BCUT2D eigenvalue weighted by Crippen LogP contribution is -2.59. The molecule has 0 heterocycles. The number of ether oxygens (including phenoxy) is 3. The van der Waals surface area contributed by atoms with Crippen LogP contribution >= 0.6 is 0 Å². The van der Waals surface area contributed by atoms with E-state index in [4.69, 9.17) is 0 Å². The summed E-state index contributed by atoms with van der Waals surface area (Å²) in [7, 11) is 0. The standard InChI is InChI=1S/C10H7F13O4/c1-2-4(24)25-3-5(11,12)26-9(20,21)10(22,23)27-8(18,19)6(13,14)7(15,16)17/h2-3H2,1H3. The Labute approximate surface area is 140 Å². The van der Waals surface area contributed by atoms with Crippen molar-refractivity contribution in [2.24, 2.45) is 0 Å². The Bertz CT molecular complexity index is 528. The van der Waals surface area contributed by atoms with E-state index in [1.165, 1.54) is 4.74 Å². The number of hydrogen-bond donors (Lipinski definition) is 0. The molecule has 162 valence electrons. The molecule has 0 aliphatic carbocycles. The molecule has 0 bridgehead atoms. The molecular weight excluding hydrogens is 431 g/mol. The van der Waals surface area contributed by atoms with Gasteiger partial charge >= 0.3 is 42.5 Å². The molecule has 17 heteroatoms. The highest BCUT2D eigenvalue weighted by Crippen LogP contribution is 2.51. The van der Waals surface area contributed by atoms with Crippen LogP contribution in [-0.4, -0.2) is 49.1 Å². The number of hydrogen-bond acceptors (Lipinski definition) is 4. The lowest BCUT2D eigenvalue weighted by Gasteiger charge is -2.33. The lowest BCUT2D eigenvalue weighted by atomic mass is 10.3. The number of halogens is 13. The van der Waals surface area contributed by atoms with Gasteiger partial charge in [-0.3, -0.25) is 4.79 Å². The second-order valence-corrected chi connectivity index (χ2v) is 4.48. The maximum absolute atomic E-state index is 12.9. The minimum absolute atomic E-state index is 0.593. The van der Waals surface area contributed by atoms with E-state index in [1.807, 2.05) is 0 Å². The van der Waals surface area contributed by atoms with Crippen molar-refractivity contribution in [1.29, 1.82) is 0 Å². The van der Waals surface area contributed by atoms with Gasteiger partial charge in [-0.05, 0) is 0 Å². The van der Waals surface area contributed by atoms with Gasteiger partial charge < -0.3 is 4.74 Å². The Hall–Kier alpha value is -1.52. The lowest BCUT2D eigenvalue weighted by molar-refractivity contribution is -0.540. The first-order chi connectivity index (χ1) is 11.6. The molecule has 0 aliphatic rings. The van der Waals surface area contributed by atoms with Gasteiger partial charge in [0.2, 0.25) is 0 Å². The van der Waals surface area contributed by atoms with Gasteiger partial charge in [0.05, 0.1) is 0 Å². The van der Waals surface area contributed by atoms with E-state index < -0.39 is 55.5 Å². The first kappa shape index (κ1) is 25.5. The summed E-state index contributed by atoms with van der Waals surface area (Å²) in [6.45, 7) is -1.42. The molecular formula is C10H7F13O4. The smallest absolute Gasteiger partial charge is 0.456 e. The summed E-state index contributed by atoms with van der Waals surface area (Å²) >= 11 is 0. The van der Waals surface area contributed by atoms with Crippen LogP contribution in [0.25, 0.3) is 0 Å². The van der Waals surface area contributed by atoms with Crippen molar-refractivity contribution in [1.82, 2.24) is 0 Å². The summed E-state index contributed by atoms with van der Waals surface area (Å²) in [5.41, 5.74) is 0. The molecule has 27 heavy (non-hydrogen) atoms. The molecule has 0 aromatic rings. The van der Waals surface area contributed by atoms with E-state index >= 15 is 0 Å². The van der Waals surface area contributed by atoms with E-state index in [-0.39, 0.29) is 0 Å². The first-order valence-corrected chi connectivity index (χ1v) is 6.13. The van der Waals surface area contributed by atoms with Gasteiger partial charge in [-0.2, -0.15) is 57.1 Å². The highest BCUT2D eigenvalue weighted by molar-refractivity contribution is 5.68. The van der Waals surface area contributed by atoms with E-state index in [0.717, 1.165) is 6.92 Å².